The Bertz CT molecular complexity index is 1950. The van der Waals surface area contributed by atoms with Crippen molar-refractivity contribution in [1.29, 1.82) is 0 Å². The number of rotatable bonds is 11. The zero-order valence-electron chi connectivity index (χ0n) is 36.7. The highest BCUT2D eigenvalue weighted by atomic mass is 127. The van der Waals surface area contributed by atoms with Gasteiger partial charge in [0.05, 0.1) is 30.9 Å². The third-order valence-corrected chi connectivity index (χ3v) is 15.9. The largest absolute Gasteiger partial charge is 0.445 e. The summed E-state index contributed by atoms with van der Waals surface area (Å²) >= 11 is 2.14. The molecule has 5 heterocycles. The van der Waals surface area contributed by atoms with Crippen molar-refractivity contribution in [2.75, 3.05) is 13.7 Å². The Hall–Kier alpha value is -3.38. The van der Waals surface area contributed by atoms with Crippen molar-refractivity contribution in [2.24, 2.45) is 11.8 Å². The van der Waals surface area contributed by atoms with Gasteiger partial charge < -0.3 is 68.2 Å². The van der Waals surface area contributed by atoms with Crippen LogP contribution in [0, 0.1) is 11.8 Å². The number of ether oxygens (including phenoxy) is 10. The first kappa shape index (κ1) is 46.7. The first-order valence-electron chi connectivity index (χ1n) is 22.8. The summed E-state index contributed by atoms with van der Waals surface area (Å²) in [6.07, 6.45) is -6.48. The summed E-state index contributed by atoms with van der Waals surface area (Å²) < 4.78 is 63.6. The fourth-order valence-corrected chi connectivity index (χ4v) is 11.2. The third-order valence-electron chi connectivity index (χ3n) is 14.0. The topological polar surface area (TPSA) is 211 Å². The quantitative estimate of drug-likeness (QED) is 0.137. The monoisotopic (exact) mass is 1020 g/mol. The minimum absolute atomic E-state index is 0.0328. The maximum Gasteiger partial charge on any atom is 0.410 e. The molecule has 4 N–H and O–H groups in total. The average molecular weight is 1020 g/mol. The summed E-state index contributed by atoms with van der Waals surface area (Å²) in [6, 6.07) is 16.5. The number of amides is 3. The highest BCUT2D eigenvalue weighted by molar-refractivity contribution is 14.1. The van der Waals surface area contributed by atoms with Gasteiger partial charge in [-0.05, 0) is 42.7 Å². The van der Waals surface area contributed by atoms with Crippen LogP contribution >= 0.6 is 22.6 Å². The van der Waals surface area contributed by atoms with Gasteiger partial charge in [0, 0.05) is 29.7 Å². The van der Waals surface area contributed by atoms with Gasteiger partial charge in [0.15, 0.2) is 30.8 Å². The summed E-state index contributed by atoms with van der Waals surface area (Å²) in [6.45, 7) is 3.70. The van der Waals surface area contributed by atoms with E-state index in [1.165, 1.54) is 4.90 Å². The minimum Gasteiger partial charge on any atom is -0.445 e. The van der Waals surface area contributed by atoms with E-state index in [1.54, 1.807) is 7.05 Å². The van der Waals surface area contributed by atoms with Gasteiger partial charge in [-0.2, -0.15) is 0 Å². The van der Waals surface area contributed by atoms with Crippen molar-refractivity contribution in [3.63, 3.8) is 0 Å². The van der Waals surface area contributed by atoms with E-state index in [-0.39, 0.29) is 42.0 Å². The van der Waals surface area contributed by atoms with Gasteiger partial charge in [-0.15, -0.1) is 0 Å². The Morgan fingerprint density at radius 2 is 1.42 bits per heavy atom. The first-order chi connectivity index (χ1) is 31.4. The van der Waals surface area contributed by atoms with Crippen LogP contribution in [0.1, 0.15) is 69.9 Å². The van der Waals surface area contributed by atoms with Crippen LogP contribution in [-0.4, -0.2) is 143 Å². The first-order valence-corrected chi connectivity index (χ1v) is 24.1. The molecule has 9 rings (SSSR count). The van der Waals surface area contributed by atoms with E-state index in [2.05, 4.69) is 33.2 Å². The summed E-state index contributed by atoms with van der Waals surface area (Å²) in [5, 5.41) is 27.3. The van der Waals surface area contributed by atoms with Crippen molar-refractivity contribution < 1.29 is 72.0 Å². The number of halogens is 1. The van der Waals surface area contributed by atoms with Gasteiger partial charge in [-0.3, -0.25) is 4.90 Å². The van der Waals surface area contributed by atoms with Crippen LogP contribution < -0.4 is 10.6 Å². The molecule has 7 fully saturated rings. The fourth-order valence-electron chi connectivity index (χ4n) is 10.4. The zero-order valence-corrected chi connectivity index (χ0v) is 38.8. The van der Waals surface area contributed by atoms with Crippen LogP contribution in [0.2, 0.25) is 0 Å². The molecular weight excluding hydrogens is 961 g/mol. The average Bonchev–Trinajstić information content (AvgIpc) is 3.83. The molecule has 9 unspecified atom stereocenters. The number of alkyl halides is 1. The Morgan fingerprint density at radius 1 is 0.785 bits per heavy atom. The van der Waals surface area contributed by atoms with E-state index in [0.717, 1.165) is 30.4 Å². The van der Waals surface area contributed by atoms with Gasteiger partial charge >= 0.3 is 18.3 Å². The summed E-state index contributed by atoms with van der Waals surface area (Å²) in [5.41, 5.74) is 1.64. The molecule has 0 bridgehead atoms. The number of aliphatic hydroxyl groups excluding tert-OH is 2. The van der Waals surface area contributed by atoms with Crippen LogP contribution in [0.5, 0.6) is 0 Å². The molecule has 5 saturated heterocycles. The van der Waals surface area contributed by atoms with E-state index >= 15 is 0 Å². The number of nitrogens with one attached hydrogen (secondary N) is 2. The maximum absolute atomic E-state index is 13.7. The second-order valence-corrected chi connectivity index (χ2v) is 19.9. The fraction of sp³-hybridized carbons (Fsp3) is 0.674. The second kappa shape index (κ2) is 20.1. The Kier molecular flexibility index (Phi) is 14.4. The van der Waals surface area contributed by atoms with Gasteiger partial charge in [0.1, 0.15) is 49.8 Å². The Balaban J connectivity index is 0.956. The molecule has 65 heavy (non-hydrogen) atoms. The third kappa shape index (κ3) is 9.96. The Labute approximate surface area is 391 Å². The summed E-state index contributed by atoms with van der Waals surface area (Å²) in [7, 11) is 1.58. The van der Waals surface area contributed by atoms with Crippen LogP contribution in [0.4, 0.5) is 14.4 Å². The lowest BCUT2D eigenvalue weighted by Crippen LogP contribution is -2.67. The number of nitrogens with zero attached hydrogens (tertiary/aromatic N) is 1. The van der Waals surface area contributed by atoms with Gasteiger partial charge in [-0.25, -0.2) is 14.4 Å². The lowest BCUT2D eigenvalue weighted by atomic mass is 9.83. The molecule has 2 saturated carbocycles. The predicted molar refractivity (Wildman–Crippen MR) is 235 cm³/mol. The molecule has 7 aliphatic rings. The molecule has 19 heteroatoms. The van der Waals surface area contributed by atoms with Crippen molar-refractivity contribution in [3.8, 4) is 0 Å². The van der Waals surface area contributed by atoms with Gasteiger partial charge in [-0.1, -0.05) is 104 Å². The van der Waals surface area contributed by atoms with E-state index in [1.807, 2.05) is 74.5 Å². The molecule has 17 atom stereocenters. The maximum atomic E-state index is 13.7. The predicted octanol–water partition coefficient (Wildman–Crippen LogP) is 4.64. The molecule has 18 nitrogen and oxygen atoms in total. The highest BCUT2D eigenvalue weighted by Crippen LogP contribution is 2.48. The summed E-state index contributed by atoms with van der Waals surface area (Å²) in [5.74, 6) is -1.37. The van der Waals surface area contributed by atoms with E-state index in [0.29, 0.717) is 19.3 Å². The number of aliphatic hydroxyl groups is 2. The number of carbonyl (C=O) groups is 3. The van der Waals surface area contributed by atoms with E-state index in [4.69, 9.17) is 47.4 Å². The number of hydrogen-bond donors (Lipinski definition) is 4. The molecule has 1 spiro atoms. The van der Waals surface area contributed by atoms with Crippen LogP contribution in [0.3, 0.4) is 0 Å². The minimum atomic E-state index is -1.14. The van der Waals surface area contributed by atoms with Crippen molar-refractivity contribution in [2.45, 2.75) is 168 Å². The number of hydrogen-bond acceptors (Lipinski definition) is 15. The molecule has 5 aliphatic heterocycles. The highest BCUT2D eigenvalue weighted by Gasteiger charge is 2.62. The molecule has 356 valence electrons. The zero-order chi connectivity index (χ0) is 45.4. The number of likely N-dealkylation sites (N-methyl/N-ethyl adjacent to an activating group) is 1. The SMILES string of the molecule is CC1C[C@@H]2OC(O[C@H]3OC(CO)[C@@H](C)[C@H](I)C3O)C3C(OC(=O)N3C)C2O[C@@H]1O[C@@H]1C(NC(=O)OCc2ccccc2)C[C@@H](NC(=O)OCc2ccccc2)C2OC3(CCCCC3)O[C@H]21. The molecule has 2 aliphatic carbocycles. The molecule has 0 aromatic heterocycles. The number of carbonyl (C=O) groups excluding carboxylic acids is 3. The lowest BCUT2D eigenvalue weighted by Gasteiger charge is -2.51. The van der Waals surface area contributed by atoms with Crippen molar-refractivity contribution in [3.05, 3.63) is 71.8 Å². The summed E-state index contributed by atoms with van der Waals surface area (Å²) in [4.78, 5) is 41.8. The normalized spacial score (nSPS) is 39.6. The number of benzene rings is 2. The van der Waals surface area contributed by atoms with Gasteiger partial charge in [0.25, 0.3) is 0 Å². The lowest BCUT2D eigenvalue weighted by molar-refractivity contribution is -0.370. The van der Waals surface area contributed by atoms with Crippen molar-refractivity contribution in [1.82, 2.24) is 15.5 Å². The van der Waals surface area contributed by atoms with Crippen LogP contribution in [0.25, 0.3) is 0 Å². The smallest absolute Gasteiger partial charge is 0.410 e. The standard InChI is InChI=1S/C46H60IN3O15/c1-24-19-30-37(38-33(50(3)45(55)62-38)41(58-30)63-42-34(52)32(47)25(2)31(21-51)59-42)61-40(24)60-35-28(48-43(53)56-22-26-13-7-4-8-14-26)20-29(49-44(54)57-23-27-15-9-5-10-16-27)36-39(35)65-46(64-36)17-11-6-12-18-46/h4-5,7-10,13-16,24-25,28-42,51-52H,6,11-12,17-23H2,1-3H3,(H,48,53)(H,49,54)/t24?,25-,28?,29-,30+,31?,32+,33?,34?,35-,36?,37?,38?,39+,40+,41?,42-/m1/s1. The molecule has 3 amide bonds. The second-order valence-electron chi connectivity index (χ2n) is 18.4. The van der Waals surface area contributed by atoms with Gasteiger partial charge in [0.2, 0.25) is 0 Å². The van der Waals surface area contributed by atoms with E-state index < -0.39 is 110 Å². The molecule has 0 radical (unpaired) electrons. The molecule has 2 aromatic carbocycles. The number of alkyl carbamates (subject to hydrolysis) is 2. The van der Waals surface area contributed by atoms with E-state index in [9.17, 15) is 24.6 Å². The molecular formula is C46H60IN3O15. The van der Waals surface area contributed by atoms with Crippen LogP contribution in [0.15, 0.2) is 60.7 Å². The van der Waals surface area contributed by atoms with Crippen molar-refractivity contribution >= 4 is 40.9 Å². The molecule has 2 aromatic rings. The number of fused-ring (bicyclic) bond motifs is 4. The Morgan fingerprint density at radius 3 is 2.06 bits per heavy atom. The van der Waals surface area contributed by atoms with Crippen LogP contribution in [-0.2, 0) is 60.6 Å².